The Morgan fingerprint density at radius 3 is 3.10 bits per heavy atom. The molecular formula is C13H13ClN4OS. The lowest BCUT2D eigenvalue weighted by atomic mass is 10.2. The van der Waals surface area contributed by atoms with Crippen molar-refractivity contribution in [2.75, 3.05) is 6.54 Å². The van der Waals surface area contributed by atoms with Crippen molar-refractivity contribution in [3.63, 3.8) is 0 Å². The fourth-order valence-electron chi connectivity index (χ4n) is 2.80. The van der Waals surface area contributed by atoms with Crippen LogP contribution in [0.3, 0.4) is 0 Å². The van der Waals surface area contributed by atoms with Crippen LogP contribution >= 0.6 is 22.9 Å². The van der Waals surface area contributed by atoms with Crippen molar-refractivity contribution in [3.8, 4) is 0 Å². The normalized spacial score (nSPS) is 24.6. The molecule has 0 spiro atoms. The Morgan fingerprint density at radius 2 is 2.30 bits per heavy atom. The molecule has 2 aromatic heterocycles. The van der Waals surface area contributed by atoms with Crippen LogP contribution in [0.15, 0.2) is 18.5 Å². The van der Waals surface area contributed by atoms with Crippen molar-refractivity contribution in [2.24, 2.45) is 5.92 Å². The minimum absolute atomic E-state index is 0.124. The second-order valence-corrected chi connectivity index (χ2v) is 7.00. The fourth-order valence-corrected chi connectivity index (χ4v) is 4.03. The molecule has 104 valence electrons. The molecule has 2 aliphatic rings. The zero-order valence-corrected chi connectivity index (χ0v) is 12.3. The number of rotatable bonds is 2. The van der Waals surface area contributed by atoms with Gasteiger partial charge in [-0.05, 0) is 18.6 Å². The van der Waals surface area contributed by atoms with Gasteiger partial charge in [-0.25, -0.2) is 9.67 Å². The molecule has 0 bridgehead atoms. The maximum Gasteiger partial charge on any atom is 0.226 e. The topological polar surface area (TPSA) is 51.0 Å². The quantitative estimate of drug-likeness (QED) is 0.854. The highest BCUT2D eigenvalue weighted by molar-refractivity contribution is 7.16. The van der Waals surface area contributed by atoms with Gasteiger partial charge in [-0.2, -0.15) is 5.10 Å². The van der Waals surface area contributed by atoms with Crippen molar-refractivity contribution in [2.45, 2.75) is 25.4 Å². The standard InChI is InChI=1S/C13H13ClN4OS/c14-11-2-1-10(20-11)8-5-9(8)13(19)17-3-4-18-12(6-17)15-7-16-18/h1-2,7-9H,3-6H2/t8-,9-/m1/s1. The summed E-state index contributed by atoms with van der Waals surface area (Å²) < 4.78 is 2.66. The molecule has 1 fully saturated rings. The first kappa shape index (κ1) is 12.3. The zero-order chi connectivity index (χ0) is 13.7. The number of thiophene rings is 1. The van der Waals surface area contributed by atoms with E-state index in [1.165, 1.54) is 4.88 Å². The average Bonchev–Trinajstić information content (AvgIpc) is 2.90. The molecule has 2 atom stereocenters. The zero-order valence-electron chi connectivity index (χ0n) is 10.7. The van der Waals surface area contributed by atoms with Crippen LogP contribution in [-0.2, 0) is 17.9 Å². The maximum atomic E-state index is 12.5. The number of aromatic nitrogens is 3. The highest BCUT2D eigenvalue weighted by Crippen LogP contribution is 2.51. The second-order valence-electron chi connectivity index (χ2n) is 5.25. The first-order valence-corrected chi connectivity index (χ1v) is 7.82. The smallest absolute Gasteiger partial charge is 0.226 e. The van der Waals surface area contributed by atoms with E-state index in [9.17, 15) is 4.79 Å². The third-order valence-corrected chi connectivity index (χ3v) is 5.35. The molecule has 4 rings (SSSR count). The molecule has 20 heavy (non-hydrogen) atoms. The molecule has 7 heteroatoms. The van der Waals surface area contributed by atoms with E-state index < -0.39 is 0 Å². The fraction of sp³-hybridized carbons (Fsp3) is 0.462. The Kier molecular flexibility index (Phi) is 2.82. The molecule has 1 amide bonds. The third kappa shape index (κ3) is 2.03. The molecule has 0 saturated heterocycles. The van der Waals surface area contributed by atoms with E-state index in [4.69, 9.17) is 11.6 Å². The Bertz CT molecular complexity index is 667. The summed E-state index contributed by atoms with van der Waals surface area (Å²) in [4.78, 5) is 19.9. The van der Waals surface area contributed by atoms with Gasteiger partial charge in [0.1, 0.15) is 12.2 Å². The molecule has 3 heterocycles. The predicted octanol–water partition coefficient (Wildman–Crippen LogP) is 2.14. The molecule has 1 aliphatic heterocycles. The lowest BCUT2D eigenvalue weighted by molar-refractivity contribution is -0.134. The van der Waals surface area contributed by atoms with Crippen molar-refractivity contribution < 1.29 is 4.79 Å². The summed E-state index contributed by atoms with van der Waals surface area (Å²) in [5.74, 6) is 1.61. The van der Waals surface area contributed by atoms with Gasteiger partial charge in [0.2, 0.25) is 5.91 Å². The van der Waals surface area contributed by atoms with Gasteiger partial charge in [0.15, 0.2) is 0 Å². The highest BCUT2D eigenvalue weighted by atomic mass is 35.5. The minimum atomic E-state index is 0.124. The summed E-state index contributed by atoms with van der Waals surface area (Å²) in [6.45, 7) is 2.04. The van der Waals surface area contributed by atoms with E-state index in [2.05, 4.69) is 10.1 Å². The summed E-state index contributed by atoms with van der Waals surface area (Å²) in [5, 5.41) is 4.13. The Hall–Kier alpha value is -1.40. The maximum absolute atomic E-state index is 12.5. The van der Waals surface area contributed by atoms with E-state index in [1.54, 1.807) is 17.7 Å². The summed E-state index contributed by atoms with van der Waals surface area (Å²) in [7, 11) is 0. The summed E-state index contributed by atoms with van der Waals surface area (Å²) >= 11 is 7.54. The minimum Gasteiger partial charge on any atom is -0.333 e. The predicted molar refractivity (Wildman–Crippen MR) is 75.6 cm³/mol. The molecular weight excluding hydrogens is 296 g/mol. The molecule has 0 aromatic carbocycles. The van der Waals surface area contributed by atoms with E-state index in [0.29, 0.717) is 12.5 Å². The van der Waals surface area contributed by atoms with Crippen LogP contribution in [0.5, 0.6) is 0 Å². The lowest BCUT2D eigenvalue weighted by Crippen LogP contribution is -2.39. The van der Waals surface area contributed by atoms with Gasteiger partial charge in [0, 0.05) is 23.3 Å². The van der Waals surface area contributed by atoms with Crippen LogP contribution < -0.4 is 0 Å². The molecule has 1 aliphatic carbocycles. The van der Waals surface area contributed by atoms with Gasteiger partial charge in [-0.15, -0.1) is 11.3 Å². The number of halogens is 1. The number of nitrogens with zero attached hydrogens (tertiary/aromatic N) is 4. The number of fused-ring (bicyclic) bond motifs is 1. The van der Waals surface area contributed by atoms with Crippen LogP contribution in [0.25, 0.3) is 0 Å². The van der Waals surface area contributed by atoms with Crippen LogP contribution in [0.2, 0.25) is 4.34 Å². The van der Waals surface area contributed by atoms with Gasteiger partial charge >= 0.3 is 0 Å². The van der Waals surface area contributed by atoms with Crippen molar-refractivity contribution >= 4 is 28.8 Å². The van der Waals surface area contributed by atoms with Gasteiger partial charge in [0.05, 0.1) is 17.4 Å². The van der Waals surface area contributed by atoms with E-state index in [0.717, 1.165) is 29.7 Å². The Morgan fingerprint density at radius 1 is 1.40 bits per heavy atom. The van der Waals surface area contributed by atoms with Crippen molar-refractivity contribution in [1.29, 1.82) is 0 Å². The third-order valence-electron chi connectivity index (χ3n) is 3.99. The van der Waals surface area contributed by atoms with E-state index in [1.807, 2.05) is 21.7 Å². The Balaban J connectivity index is 1.45. The molecule has 2 aromatic rings. The Labute approximate surface area is 125 Å². The van der Waals surface area contributed by atoms with E-state index >= 15 is 0 Å². The monoisotopic (exact) mass is 308 g/mol. The van der Waals surface area contributed by atoms with Crippen LogP contribution in [0.1, 0.15) is 23.0 Å². The van der Waals surface area contributed by atoms with Crippen molar-refractivity contribution in [3.05, 3.63) is 33.5 Å². The van der Waals surface area contributed by atoms with Gasteiger partial charge in [-0.1, -0.05) is 11.6 Å². The number of hydrogen-bond acceptors (Lipinski definition) is 4. The summed E-state index contributed by atoms with van der Waals surface area (Å²) in [6.07, 6.45) is 2.50. The second kappa shape index (κ2) is 4.56. The number of amides is 1. The molecule has 0 radical (unpaired) electrons. The number of carbonyl (C=O) groups excluding carboxylic acids is 1. The molecule has 5 nitrogen and oxygen atoms in total. The molecule has 0 N–H and O–H groups in total. The SMILES string of the molecule is O=C([C@@H]1C[C@H]1c1ccc(Cl)s1)N1CCn2ncnc2C1. The van der Waals surface area contributed by atoms with Gasteiger partial charge in [0.25, 0.3) is 0 Å². The number of hydrogen-bond donors (Lipinski definition) is 0. The largest absolute Gasteiger partial charge is 0.333 e. The van der Waals surface area contributed by atoms with Crippen molar-refractivity contribution in [1.82, 2.24) is 19.7 Å². The van der Waals surface area contributed by atoms with Crippen LogP contribution in [0.4, 0.5) is 0 Å². The van der Waals surface area contributed by atoms with Crippen LogP contribution in [-0.4, -0.2) is 32.1 Å². The average molecular weight is 309 g/mol. The summed E-state index contributed by atoms with van der Waals surface area (Å²) in [5.41, 5.74) is 0. The first-order valence-electron chi connectivity index (χ1n) is 6.63. The van der Waals surface area contributed by atoms with E-state index in [-0.39, 0.29) is 11.8 Å². The molecule has 0 unspecified atom stereocenters. The number of carbonyl (C=O) groups is 1. The summed E-state index contributed by atoms with van der Waals surface area (Å²) in [6, 6.07) is 3.95. The van der Waals surface area contributed by atoms with Gasteiger partial charge in [-0.3, -0.25) is 4.79 Å². The molecule has 1 saturated carbocycles. The van der Waals surface area contributed by atoms with Crippen LogP contribution in [0, 0.1) is 5.92 Å². The lowest BCUT2D eigenvalue weighted by Gasteiger charge is -2.27. The van der Waals surface area contributed by atoms with Gasteiger partial charge < -0.3 is 4.90 Å². The highest BCUT2D eigenvalue weighted by Gasteiger charge is 2.47. The first-order chi connectivity index (χ1) is 9.72.